The van der Waals surface area contributed by atoms with Gasteiger partial charge in [0, 0.05) is 24.3 Å². The second-order valence-corrected chi connectivity index (χ2v) is 9.32. The molecule has 1 fully saturated rings. The number of aliphatic hydroxyl groups excluding tert-OH is 1. The van der Waals surface area contributed by atoms with Crippen LogP contribution < -0.4 is 10.6 Å². The molecule has 3 rings (SSSR count). The molecule has 1 aliphatic rings. The molecule has 2 amide bonds. The van der Waals surface area contributed by atoms with Crippen molar-refractivity contribution in [3.05, 3.63) is 47.3 Å². The summed E-state index contributed by atoms with van der Waals surface area (Å²) >= 11 is 1.12. The number of carbonyl (C=O) groups excluding carboxylic acids is 2. The van der Waals surface area contributed by atoms with Crippen LogP contribution in [-0.4, -0.2) is 55.4 Å². The Kier molecular flexibility index (Phi) is 6.45. The lowest BCUT2D eigenvalue weighted by Crippen LogP contribution is -2.42. The van der Waals surface area contributed by atoms with Gasteiger partial charge in [-0.1, -0.05) is 12.1 Å². The Morgan fingerprint density at radius 1 is 1.25 bits per heavy atom. The Morgan fingerprint density at radius 2 is 2.07 bits per heavy atom. The zero-order chi connectivity index (χ0) is 20.1. The number of sulfonamides is 1. The second-order valence-electron chi connectivity index (χ2n) is 6.26. The fourth-order valence-corrected chi connectivity index (χ4v) is 5.83. The van der Waals surface area contributed by atoms with Crippen LogP contribution in [0.3, 0.4) is 0 Å². The van der Waals surface area contributed by atoms with Crippen molar-refractivity contribution in [2.75, 3.05) is 25.0 Å². The Hall–Kier alpha value is -2.27. The quantitative estimate of drug-likeness (QED) is 0.620. The van der Waals surface area contributed by atoms with Gasteiger partial charge in [-0.3, -0.25) is 9.59 Å². The fourth-order valence-electron chi connectivity index (χ4n) is 3.05. The average molecular weight is 424 g/mol. The summed E-state index contributed by atoms with van der Waals surface area (Å²) in [6.07, 6.45) is 1.04. The monoisotopic (exact) mass is 423 g/mol. The predicted octanol–water partition coefficient (Wildman–Crippen LogP) is 1.26. The number of amides is 2. The van der Waals surface area contributed by atoms with E-state index in [1.807, 2.05) is 0 Å². The van der Waals surface area contributed by atoms with Crippen molar-refractivity contribution >= 4 is 38.9 Å². The van der Waals surface area contributed by atoms with Crippen molar-refractivity contribution < 1.29 is 23.1 Å². The maximum atomic E-state index is 12.8. The zero-order valence-electron chi connectivity index (χ0n) is 15.0. The van der Waals surface area contributed by atoms with Gasteiger partial charge >= 0.3 is 0 Å². The lowest BCUT2D eigenvalue weighted by atomic mass is 10.1. The van der Waals surface area contributed by atoms with Crippen LogP contribution in [0.2, 0.25) is 0 Å². The summed E-state index contributed by atoms with van der Waals surface area (Å²) in [6, 6.07) is 8.76. The van der Waals surface area contributed by atoms with Gasteiger partial charge < -0.3 is 15.7 Å². The van der Waals surface area contributed by atoms with Gasteiger partial charge in [-0.2, -0.15) is 4.31 Å². The summed E-state index contributed by atoms with van der Waals surface area (Å²) in [6.45, 7) is 0.257. The van der Waals surface area contributed by atoms with E-state index in [0.717, 1.165) is 11.3 Å². The minimum absolute atomic E-state index is 0.132. The van der Waals surface area contributed by atoms with E-state index < -0.39 is 22.0 Å². The van der Waals surface area contributed by atoms with Crippen molar-refractivity contribution in [2.45, 2.75) is 23.1 Å². The number of benzene rings is 1. The molecule has 0 radical (unpaired) electrons. The first-order chi connectivity index (χ1) is 13.4. The Morgan fingerprint density at radius 3 is 2.79 bits per heavy atom. The van der Waals surface area contributed by atoms with Crippen molar-refractivity contribution in [3.63, 3.8) is 0 Å². The number of anilines is 1. The first kappa shape index (κ1) is 20.5. The molecule has 0 spiro atoms. The molecule has 3 N–H and O–H groups in total. The molecule has 1 atom stereocenters. The van der Waals surface area contributed by atoms with Crippen LogP contribution >= 0.6 is 11.3 Å². The molecule has 0 aliphatic carbocycles. The van der Waals surface area contributed by atoms with Gasteiger partial charge in [-0.25, -0.2) is 8.42 Å². The van der Waals surface area contributed by atoms with Crippen LogP contribution in [0.1, 0.15) is 23.2 Å². The number of carbonyl (C=O) groups is 2. The number of nitrogens with zero attached hydrogens (tertiary/aromatic N) is 1. The van der Waals surface area contributed by atoms with Crippen LogP contribution in [0.25, 0.3) is 0 Å². The van der Waals surface area contributed by atoms with E-state index in [1.54, 1.807) is 29.6 Å². The normalized spacial score (nSPS) is 17.4. The molecular weight excluding hydrogens is 402 g/mol. The lowest BCUT2D eigenvalue weighted by molar-refractivity contribution is -0.119. The highest BCUT2D eigenvalue weighted by atomic mass is 32.2. The van der Waals surface area contributed by atoms with E-state index in [0.29, 0.717) is 30.6 Å². The largest absolute Gasteiger partial charge is 0.395 e. The number of aliphatic hydroxyl groups is 1. The second kappa shape index (κ2) is 8.82. The summed E-state index contributed by atoms with van der Waals surface area (Å²) in [7, 11) is -3.71. The predicted molar refractivity (Wildman–Crippen MR) is 106 cm³/mol. The van der Waals surface area contributed by atoms with E-state index >= 15 is 0 Å². The standard InChI is InChI=1S/C18H21N3O5S2/c22-10-8-19-17(23)13-4-1-5-14(12-13)20-18(24)15-6-2-9-21(15)28(25,26)16-7-3-11-27-16/h1,3-5,7,11-12,15,22H,2,6,8-10H2,(H,19,23)(H,20,24)/t15-/m1/s1. The summed E-state index contributed by atoms with van der Waals surface area (Å²) in [5.74, 6) is -0.793. The van der Waals surface area contributed by atoms with E-state index in [1.165, 1.54) is 16.4 Å². The van der Waals surface area contributed by atoms with E-state index in [-0.39, 0.29) is 23.3 Å². The molecule has 0 bridgehead atoms. The van der Waals surface area contributed by atoms with Crippen LogP contribution in [0.15, 0.2) is 46.0 Å². The van der Waals surface area contributed by atoms with Crippen molar-refractivity contribution in [2.24, 2.45) is 0 Å². The highest BCUT2D eigenvalue weighted by Crippen LogP contribution is 2.29. The van der Waals surface area contributed by atoms with Crippen molar-refractivity contribution in [1.82, 2.24) is 9.62 Å². The molecule has 8 nitrogen and oxygen atoms in total. The van der Waals surface area contributed by atoms with Crippen LogP contribution in [0.4, 0.5) is 5.69 Å². The Balaban J connectivity index is 1.73. The van der Waals surface area contributed by atoms with E-state index in [4.69, 9.17) is 5.11 Å². The molecule has 1 aromatic carbocycles. The molecule has 0 saturated carbocycles. The molecular formula is C18H21N3O5S2. The minimum atomic E-state index is -3.71. The third kappa shape index (κ3) is 4.41. The average Bonchev–Trinajstić information content (AvgIpc) is 3.38. The number of thiophene rings is 1. The summed E-state index contributed by atoms with van der Waals surface area (Å²) in [4.78, 5) is 24.7. The zero-order valence-corrected chi connectivity index (χ0v) is 16.6. The summed E-state index contributed by atoms with van der Waals surface area (Å²) in [5, 5.41) is 15.7. The van der Waals surface area contributed by atoms with Crippen LogP contribution in [-0.2, 0) is 14.8 Å². The van der Waals surface area contributed by atoms with Crippen molar-refractivity contribution in [1.29, 1.82) is 0 Å². The molecule has 28 heavy (non-hydrogen) atoms. The van der Waals surface area contributed by atoms with Crippen molar-refractivity contribution in [3.8, 4) is 0 Å². The molecule has 2 heterocycles. The summed E-state index contributed by atoms with van der Waals surface area (Å²) < 4.78 is 27.0. The van der Waals surface area contributed by atoms with Gasteiger partial charge in [-0.15, -0.1) is 11.3 Å². The lowest BCUT2D eigenvalue weighted by Gasteiger charge is -2.22. The molecule has 1 aromatic heterocycles. The number of hydrogen-bond acceptors (Lipinski definition) is 6. The number of rotatable bonds is 7. The first-order valence-electron chi connectivity index (χ1n) is 8.79. The van der Waals surface area contributed by atoms with Gasteiger partial charge in [0.15, 0.2) is 0 Å². The topological polar surface area (TPSA) is 116 Å². The van der Waals surface area contributed by atoms with E-state index in [9.17, 15) is 18.0 Å². The summed E-state index contributed by atoms with van der Waals surface area (Å²) in [5.41, 5.74) is 0.739. The van der Waals surface area contributed by atoms with Crippen LogP contribution in [0.5, 0.6) is 0 Å². The highest BCUT2D eigenvalue weighted by Gasteiger charge is 2.39. The SMILES string of the molecule is O=C(NCCO)c1cccc(NC(=O)[C@H]2CCCN2S(=O)(=O)c2cccs2)c1. The molecule has 10 heteroatoms. The highest BCUT2D eigenvalue weighted by molar-refractivity contribution is 7.91. The number of hydrogen-bond donors (Lipinski definition) is 3. The van der Waals surface area contributed by atoms with Crippen LogP contribution in [0, 0.1) is 0 Å². The first-order valence-corrected chi connectivity index (χ1v) is 11.1. The smallest absolute Gasteiger partial charge is 0.253 e. The van der Waals surface area contributed by atoms with E-state index in [2.05, 4.69) is 10.6 Å². The number of nitrogens with one attached hydrogen (secondary N) is 2. The molecule has 1 aliphatic heterocycles. The minimum Gasteiger partial charge on any atom is -0.395 e. The van der Waals surface area contributed by atoms with Gasteiger partial charge in [0.2, 0.25) is 5.91 Å². The molecule has 2 aromatic rings. The van der Waals surface area contributed by atoms with Gasteiger partial charge in [0.05, 0.1) is 6.61 Å². The third-order valence-corrected chi connectivity index (χ3v) is 7.64. The molecule has 1 saturated heterocycles. The maximum absolute atomic E-state index is 12.8. The third-order valence-electron chi connectivity index (χ3n) is 4.35. The molecule has 0 unspecified atom stereocenters. The maximum Gasteiger partial charge on any atom is 0.253 e. The Bertz CT molecular complexity index is 944. The van der Waals surface area contributed by atoms with Gasteiger partial charge in [-0.05, 0) is 42.5 Å². The Labute approximate surface area is 167 Å². The fraction of sp³-hybridized carbons (Fsp3) is 0.333. The molecule has 150 valence electrons. The van der Waals surface area contributed by atoms with Gasteiger partial charge in [0.25, 0.3) is 15.9 Å². The van der Waals surface area contributed by atoms with Gasteiger partial charge in [0.1, 0.15) is 10.3 Å².